The number of carbonyl (C=O) groups is 1. The summed E-state index contributed by atoms with van der Waals surface area (Å²) in [4.78, 5) is 14.8. The van der Waals surface area contributed by atoms with E-state index >= 15 is 0 Å². The third-order valence-corrected chi connectivity index (χ3v) is 4.40. The second-order valence-electron chi connectivity index (χ2n) is 6.02. The normalized spacial score (nSPS) is 17.0. The van der Waals surface area contributed by atoms with Crippen LogP contribution in [0.4, 0.5) is 0 Å². The van der Waals surface area contributed by atoms with Crippen LogP contribution in [0.1, 0.15) is 32.2 Å². The smallest absolute Gasteiger partial charge is 0.244 e. The van der Waals surface area contributed by atoms with Gasteiger partial charge in [-0.05, 0) is 51.9 Å². The summed E-state index contributed by atoms with van der Waals surface area (Å²) in [5.41, 5.74) is 1.00. The van der Waals surface area contributed by atoms with Gasteiger partial charge in [-0.25, -0.2) is 0 Å². The molecule has 118 valence electrons. The molecular weight excluding hydrogens is 276 g/mol. The fourth-order valence-electron chi connectivity index (χ4n) is 3.08. The lowest BCUT2D eigenvalue weighted by Crippen LogP contribution is -2.33. The van der Waals surface area contributed by atoms with Gasteiger partial charge in [-0.1, -0.05) is 18.2 Å². The summed E-state index contributed by atoms with van der Waals surface area (Å²) < 4.78 is 1.80. The van der Waals surface area contributed by atoms with Crippen molar-refractivity contribution in [1.29, 1.82) is 0 Å². The lowest BCUT2D eigenvalue weighted by molar-refractivity contribution is -0.124. The second-order valence-corrected chi connectivity index (χ2v) is 6.02. The minimum Gasteiger partial charge on any atom is -0.354 e. The summed E-state index contributed by atoms with van der Waals surface area (Å²) in [6, 6.07) is 7.68. The number of para-hydroxylation sites is 1. The van der Waals surface area contributed by atoms with Crippen LogP contribution in [-0.4, -0.2) is 46.8 Å². The Morgan fingerprint density at radius 1 is 1.32 bits per heavy atom. The summed E-state index contributed by atoms with van der Waals surface area (Å²) in [5.74, 6) is 0.0373. The van der Waals surface area contributed by atoms with Crippen LogP contribution in [0, 0.1) is 0 Å². The Labute approximate surface area is 131 Å². The highest BCUT2D eigenvalue weighted by molar-refractivity contribution is 5.84. The number of hydrogen-bond donors (Lipinski definition) is 1. The Morgan fingerprint density at radius 3 is 2.91 bits per heavy atom. The Hall–Kier alpha value is -1.88. The average molecular weight is 300 g/mol. The second kappa shape index (κ2) is 6.92. The maximum Gasteiger partial charge on any atom is 0.244 e. The molecule has 1 aromatic heterocycles. The first-order chi connectivity index (χ1) is 10.8. The molecule has 5 nitrogen and oxygen atoms in total. The molecule has 0 saturated carbocycles. The first-order valence-electron chi connectivity index (χ1n) is 8.18. The van der Waals surface area contributed by atoms with E-state index in [2.05, 4.69) is 15.3 Å². The van der Waals surface area contributed by atoms with E-state index < -0.39 is 0 Å². The lowest BCUT2D eigenvalue weighted by Gasteiger charge is -2.16. The molecule has 0 spiro atoms. The van der Waals surface area contributed by atoms with Gasteiger partial charge in [0, 0.05) is 11.9 Å². The Balaban J connectivity index is 1.51. The molecule has 1 unspecified atom stereocenters. The van der Waals surface area contributed by atoms with Crippen molar-refractivity contribution >= 4 is 16.8 Å². The van der Waals surface area contributed by atoms with Gasteiger partial charge in [0.1, 0.15) is 6.04 Å². The molecule has 5 heteroatoms. The van der Waals surface area contributed by atoms with Gasteiger partial charge >= 0.3 is 0 Å². The van der Waals surface area contributed by atoms with Gasteiger partial charge in [0.15, 0.2) is 0 Å². The zero-order valence-electron chi connectivity index (χ0n) is 13.2. The van der Waals surface area contributed by atoms with E-state index in [1.807, 2.05) is 37.4 Å². The van der Waals surface area contributed by atoms with Gasteiger partial charge in [-0.3, -0.25) is 9.48 Å². The average Bonchev–Trinajstić information content (AvgIpc) is 3.20. The number of rotatable bonds is 6. The number of hydrogen-bond acceptors (Lipinski definition) is 3. The Bertz CT molecular complexity index is 630. The van der Waals surface area contributed by atoms with Crippen molar-refractivity contribution in [2.75, 3.05) is 26.2 Å². The molecule has 1 saturated heterocycles. The quantitative estimate of drug-likeness (QED) is 0.832. The molecule has 0 radical (unpaired) electrons. The number of likely N-dealkylation sites (tertiary alicyclic amines) is 1. The predicted molar refractivity (Wildman–Crippen MR) is 87.7 cm³/mol. The highest BCUT2D eigenvalue weighted by atomic mass is 16.2. The third-order valence-electron chi connectivity index (χ3n) is 4.40. The van der Waals surface area contributed by atoms with E-state index in [1.54, 1.807) is 4.68 Å². The van der Waals surface area contributed by atoms with E-state index in [9.17, 15) is 4.79 Å². The van der Waals surface area contributed by atoms with Crippen LogP contribution in [0.3, 0.4) is 0 Å². The predicted octanol–water partition coefficient (Wildman–Crippen LogP) is 2.20. The van der Waals surface area contributed by atoms with Gasteiger partial charge in [0.2, 0.25) is 5.91 Å². The van der Waals surface area contributed by atoms with Crippen LogP contribution < -0.4 is 5.32 Å². The summed E-state index contributed by atoms with van der Waals surface area (Å²) in [5, 5.41) is 8.45. The van der Waals surface area contributed by atoms with E-state index in [-0.39, 0.29) is 11.9 Å². The molecule has 3 rings (SSSR count). The van der Waals surface area contributed by atoms with E-state index in [0.29, 0.717) is 0 Å². The summed E-state index contributed by atoms with van der Waals surface area (Å²) in [6.45, 7) is 6.14. The summed E-state index contributed by atoms with van der Waals surface area (Å²) in [7, 11) is 0. The molecule has 22 heavy (non-hydrogen) atoms. The first-order valence-corrected chi connectivity index (χ1v) is 8.18. The number of benzene rings is 1. The van der Waals surface area contributed by atoms with Crippen LogP contribution in [0.15, 0.2) is 30.5 Å². The molecule has 1 N–H and O–H groups in total. The highest BCUT2D eigenvalue weighted by Gasteiger charge is 2.17. The fourth-order valence-corrected chi connectivity index (χ4v) is 3.08. The van der Waals surface area contributed by atoms with Crippen LogP contribution in [0.25, 0.3) is 10.9 Å². The topological polar surface area (TPSA) is 50.2 Å². The zero-order valence-corrected chi connectivity index (χ0v) is 13.2. The number of nitrogens with one attached hydrogen (secondary N) is 1. The van der Waals surface area contributed by atoms with Crippen LogP contribution in [-0.2, 0) is 4.79 Å². The molecule has 1 aliphatic heterocycles. The first kappa shape index (κ1) is 15.0. The highest BCUT2D eigenvalue weighted by Crippen LogP contribution is 2.17. The van der Waals surface area contributed by atoms with E-state index in [1.165, 1.54) is 25.9 Å². The van der Waals surface area contributed by atoms with Crippen molar-refractivity contribution in [3.8, 4) is 0 Å². The molecule has 1 aromatic carbocycles. The number of nitrogens with zero attached hydrogens (tertiary/aromatic N) is 3. The molecular formula is C17H24N4O. The summed E-state index contributed by atoms with van der Waals surface area (Å²) >= 11 is 0. The monoisotopic (exact) mass is 300 g/mol. The largest absolute Gasteiger partial charge is 0.354 e. The molecule has 2 aromatic rings. The minimum atomic E-state index is -0.285. The van der Waals surface area contributed by atoms with Crippen molar-refractivity contribution in [2.45, 2.75) is 32.2 Å². The van der Waals surface area contributed by atoms with Crippen LogP contribution >= 0.6 is 0 Å². The molecule has 1 fully saturated rings. The van der Waals surface area contributed by atoms with Crippen molar-refractivity contribution in [1.82, 2.24) is 20.0 Å². The standard InChI is InChI=1S/C17H24N4O/c1-14(21-16-8-3-2-7-15(16)13-19-21)17(22)18-9-6-12-20-10-4-5-11-20/h2-3,7-8,13-14H,4-6,9-12H2,1H3,(H,18,22). The third kappa shape index (κ3) is 3.30. The number of aromatic nitrogens is 2. The SMILES string of the molecule is CC(C(=O)NCCCN1CCCC1)n1ncc2ccccc21. The fraction of sp³-hybridized carbons (Fsp3) is 0.529. The Morgan fingerprint density at radius 2 is 2.09 bits per heavy atom. The summed E-state index contributed by atoms with van der Waals surface area (Å²) in [6.07, 6.45) is 5.45. The van der Waals surface area contributed by atoms with Crippen molar-refractivity contribution in [3.63, 3.8) is 0 Å². The zero-order chi connectivity index (χ0) is 15.4. The van der Waals surface area contributed by atoms with E-state index in [0.717, 1.165) is 30.4 Å². The van der Waals surface area contributed by atoms with Gasteiger partial charge in [0.25, 0.3) is 0 Å². The molecule has 0 aliphatic carbocycles. The van der Waals surface area contributed by atoms with Gasteiger partial charge in [-0.2, -0.15) is 5.10 Å². The molecule has 1 amide bonds. The molecule has 2 heterocycles. The van der Waals surface area contributed by atoms with Crippen molar-refractivity contribution in [3.05, 3.63) is 30.5 Å². The van der Waals surface area contributed by atoms with Crippen LogP contribution in [0.2, 0.25) is 0 Å². The van der Waals surface area contributed by atoms with Gasteiger partial charge in [0.05, 0.1) is 11.7 Å². The van der Waals surface area contributed by atoms with Crippen molar-refractivity contribution < 1.29 is 4.79 Å². The molecule has 1 atom stereocenters. The van der Waals surface area contributed by atoms with Crippen molar-refractivity contribution in [2.24, 2.45) is 0 Å². The number of fused-ring (bicyclic) bond motifs is 1. The number of amides is 1. The Kier molecular flexibility index (Phi) is 4.73. The van der Waals surface area contributed by atoms with Gasteiger partial charge < -0.3 is 10.2 Å². The van der Waals surface area contributed by atoms with Gasteiger partial charge in [-0.15, -0.1) is 0 Å². The number of carbonyl (C=O) groups excluding carboxylic acids is 1. The molecule has 1 aliphatic rings. The maximum atomic E-state index is 12.3. The van der Waals surface area contributed by atoms with Crippen LogP contribution in [0.5, 0.6) is 0 Å². The van der Waals surface area contributed by atoms with E-state index in [4.69, 9.17) is 0 Å². The lowest BCUT2D eigenvalue weighted by atomic mass is 10.2. The molecule has 0 bridgehead atoms. The maximum absolute atomic E-state index is 12.3. The minimum absolute atomic E-state index is 0.0373.